The fourth-order valence-corrected chi connectivity index (χ4v) is 8.35. The average molecular weight is 667 g/mol. The Morgan fingerprint density at radius 1 is 0.365 bits per heavy atom. The van der Waals surface area contributed by atoms with Gasteiger partial charge in [0.05, 0.1) is 23.6 Å². The Bertz CT molecular complexity index is 3330. The van der Waals surface area contributed by atoms with E-state index < -0.39 is 6.04 Å². The Hall–Kier alpha value is -6.90. The summed E-state index contributed by atoms with van der Waals surface area (Å²) in [6.07, 6.45) is 0. The lowest BCUT2D eigenvalue weighted by atomic mass is 9.85. The van der Waals surface area contributed by atoms with Crippen LogP contribution in [0.3, 0.4) is 0 Å². The van der Waals surface area contributed by atoms with Crippen molar-refractivity contribution in [1.29, 1.82) is 0 Å². The third-order valence-electron chi connectivity index (χ3n) is 10.5. The molecule has 11 rings (SSSR count). The summed E-state index contributed by atoms with van der Waals surface area (Å²) in [7, 11) is 0. The number of benzene rings is 9. The molecule has 0 bridgehead atoms. The van der Waals surface area contributed by atoms with Crippen LogP contribution in [0.5, 0.6) is 0 Å². The molecule has 2 nitrogen and oxygen atoms in total. The van der Waals surface area contributed by atoms with Gasteiger partial charge in [-0.05, 0) is 79.7 Å². The van der Waals surface area contributed by atoms with E-state index in [0.717, 1.165) is 82.5 Å². The zero-order valence-electron chi connectivity index (χ0n) is 32.9. The maximum Gasteiger partial charge on any atom is 0.136 e. The second-order valence-electron chi connectivity index (χ2n) is 13.2. The maximum atomic E-state index is 8.92. The minimum atomic E-state index is -0.403. The van der Waals surface area contributed by atoms with E-state index in [1.54, 1.807) is 0 Å². The Morgan fingerprint density at radius 3 is 1.40 bits per heavy atom. The van der Waals surface area contributed by atoms with Crippen molar-refractivity contribution in [2.75, 3.05) is 0 Å². The minimum Gasteiger partial charge on any atom is -0.456 e. The van der Waals surface area contributed by atoms with Crippen LogP contribution in [0.4, 0.5) is 0 Å². The van der Waals surface area contributed by atoms with Gasteiger partial charge < -0.3 is 8.98 Å². The van der Waals surface area contributed by atoms with Crippen molar-refractivity contribution in [3.8, 4) is 39.1 Å². The molecule has 52 heavy (non-hydrogen) atoms. The maximum absolute atomic E-state index is 8.92. The highest BCUT2D eigenvalue weighted by Gasteiger charge is 2.22. The second kappa shape index (κ2) is 11.3. The highest BCUT2D eigenvalue weighted by molar-refractivity contribution is 6.22. The highest BCUT2D eigenvalue weighted by atomic mass is 16.3. The molecular weight excluding hydrogens is 631 g/mol. The van der Waals surface area contributed by atoms with Gasteiger partial charge in [-0.15, -0.1) is 0 Å². The molecule has 0 atom stereocenters. The van der Waals surface area contributed by atoms with Gasteiger partial charge >= 0.3 is 0 Å². The van der Waals surface area contributed by atoms with Crippen molar-refractivity contribution in [3.05, 3.63) is 188 Å². The van der Waals surface area contributed by atoms with Gasteiger partial charge in [0.25, 0.3) is 0 Å². The first-order valence-electron chi connectivity index (χ1n) is 19.9. The second-order valence-corrected chi connectivity index (χ2v) is 13.2. The summed E-state index contributed by atoms with van der Waals surface area (Å²) in [6.45, 7) is 0. The van der Waals surface area contributed by atoms with Gasteiger partial charge in [0.15, 0.2) is 0 Å². The van der Waals surface area contributed by atoms with E-state index >= 15 is 0 Å². The number of nitrogens with zero attached hydrogens (tertiary/aromatic N) is 1. The minimum absolute atomic E-state index is 0.202. The molecule has 242 valence electrons. The van der Waals surface area contributed by atoms with Crippen LogP contribution < -0.4 is 0 Å². The van der Waals surface area contributed by atoms with Crippen LogP contribution in [0, 0.1) is 0 Å². The third kappa shape index (κ3) is 4.19. The van der Waals surface area contributed by atoms with Crippen molar-refractivity contribution < 1.29 is 11.3 Å². The Labute approximate surface area is 307 Å². The van der Waals surface area contributed by atoms with Gasteiger partial charge in [0.2, 0.25) is 0 Å². The van der Waals surface area contributed by atoms with E-state index in [4.69, 9.17) is 11.3 Å². The van der Waals surface area contributed by atoms with E-state index in [9.17, 15) is 0 Å². The quantitative estimate of drug-likeness (QED) is 0.171. The standard InChI is InChI=1S/C50H31NO/c1-2-14-32(15-3-1)47-37-18-4-6-20-39(37)48(40-21-7-5-19-38(40)47)33-26-28-34(29-27-33)49-44(30-31-46-50(49)41-22-10-13-25-45(41)52-46)51-42-23-11-8-16-35(42)36-17-9-12-24-43(36)51/h1-31H/i1D,2D,3D,14D,15D. The third-order valence-corrected chi connectivity index (χ3v) is 10.5. The molecule has 0 saturated heterocycles. The summed E-state index contributed by atoms with van der Waals surface area (Å²) >= 11 is 0. The van der Waals surface area contributed by atoms with E-state index in [1.165, 1.54) is 10.8 Å². The molecule has 0 radical (unpaired) electrons. The van der Waals surface area contributed by atoms with Crippen LogP contribution in [0.1, 0.15) is 6.85 Å². The van der Waals surface area contributed by atoms with Gasteiger partial charge in [-0.25, -0.2) is 0 Å². The summed E-state index contributed by atoms with van der Waals surface area (Å²) < 4.78 is 51.9. The molecule has 2 heterocycles. The average Bonchev–Trinajstić information content (AvgIpc) is 3.80. The molecule has 0 fully saturated rings. The van der Waals surface area contributed by atoms with Crippen molar-refractivity contribution >= 4 is 65.3 Å². The monoisotopic (exact) mass is 666 g/mol. The van der Waals surface area contributed by atoms with Crippen molar-refractivity contribution in [2.24, 2.45) is 0 Å². The summed E-state index contributed by atoms with van der Waals surface area (Å²) in [5.41, 5.74) is 9.92. The molecule has 0 aliphatic carbocycles. The lowest BCUT2D eigenvalue weighted by Crippen LogP contribution is -1.98. The largest absolute Gasteiger partial charge is 0.456 e. The molecule has 2 aromatic heterocycles. The van der Waals surface area contributed by atoms with Crippen LogP contribution in [-0.4, -0.2) is 4.57 Å². The summed E-state index contributed by atoms with van der Waals surface area (Å²) in [6, 6.07) is 52.7. The Kier molecular flexibility index (Phi) is 5.28. The number of rotatable bonds is 4. The summed E-state index contributed by atoms with van der Waals surface area (Å²) in [5, 5.41) is 7.98. The lowest BCUT2D eigenvalue weighted by molar-refractivity contribution is 0.669. The van der Waals surface area contributed by atoms with Crippen LogP contribution in [0.25, 0.3) is 104 Å². The van der Waals surface area contributed by atoms with Crippen molar-refractivity contribution in [2.45, 2.75) is 0 Å². The van der Waals surface area contributed by atoms with Crippen LogP contribution in [0.2, 0.25) is 0 Å². The normalized spacial score (nSPS) is 13.2. The topological polar surface area (TPSA) is 18.1 Å². The first-order valence-corrected chi connectivity index (χ1v) is 17.4. The molecule has 0 aliphatic rings. The molecule has 11 aromatic rings. The van der Waals surface area contributed by atoms with Gasteiger partial charge in [0.1, 0.15) is 11.2 Å². The predicted molar refractivity (Wildman–Crippen MR) is 219 cm³/mol. The molecule has 0 aliphatic heterocycles. The van der Waals surface area contributed by atoms with E-state index in [0.29, 0.717) is 5.56 Å². The molecule has 0 amide bonds. The van der Waals surface area contributed by atoms with Gasteiger partial charge in [0, 0.05) is 27.1 Å². The fraction of sp³-hybridized carbons (Fsp3) is 0. The predicted octanol–water partition coefficient (Wildman–Crippen LogP) is 14.0. The zero-order valence-corrected chi connectivity index (χ0v) is 27.9. The number of hydrogen-bond donors (Lipinski definition) is 0. The molecular formula is C50H31NO. The molecule has 0 saturated carbocycles. The molecule has 0 N–H and O–H groups in total. The number of furan rings is 1. The fourth-order valence-electron chi connectivity index (χ4n) is 8.35. The summed E-state index contributed by atoms with van der Waals surface area (Å²) in [4.78, 5) is 0. The first kappa shape index (κ1) is 24.3. The van der Waals surface area contributed by atoms with Gasteiger partial charge in [-0.2, -0.15) is 0 Å². The molecule has 0 unspecified atom stereocenters. The molecule has 0 spiro atoms. The van der Waals surface area contributed by atoms with E-state index in [2.05, 4.69) is 114 Å². The summed E-state index contributed by atoms with van der Waals surface area (Å²) in [5.74, 6) is 0. The number of hydrogen-bond acceptors (Lipinski definition) is 1. The SMILES string of the molecule is [2H]c1c([2H])c([2H])c(-c2c3ccccc3c(-c3ccc(-c4c(-n5c6ccccc6c6ccccc65)ccc5oc6ccccc6c45)cc3)c3ccccc23)c([2H])c1[2H]. The van der Waals surface area contributed by atoms with Gasteiger partial charge in [-0.3, -0.25) is 0 Å². The lowest BCUT2D eigenvalue weighted by Gasteiger charge is -2.18. The number of aromatic nitrogens is 1. The van der Waals surface area contributed by atoms with E-state index in [1.807, 2.05) is 48.5 Å². The molecule has 9 aromatic carbocycles. The number of para-hydroxylation sites is 3. The smallest absolute Gasteiger partial charge is 0.136 e. The van der Waals surface area contributed by atoms with Crippen LogP contribution in [0.15, 0.2) is 192 Å². The molecule has 2 heteroatoms. The van der Waals surface area contributed by atoms with Crippen molar-refractivity contribution in [1.82, 2.24) is 4.57 Å². The Morgan fingerprint density at radius 2 is 0.827 bits per heavy atom. The first-order chi connectivity index (χ1) is 27.9. The van der Waals surface area contributed by atoms with Crippen LogP contribution >= 0.6 is 0 Å². The van der Waals surface area contributed by atoms with Gasteiger partial charge in [-0.1, -0.05) is 158 Å². The zero-order chi connectivity index (χ0) is 38.5. The van der Waals surface area contributed by atoms with Crippen molar-refractivity contribution in [3.63, 3.8) is 0 Å². The highest BCUT2D eigenvalue weighted by Crippen LogP contribution is 2.46. The van der Waals surface area contributed by atoms with E-state index in [-0.39, 0.29) is 29.7 Å². The van der Waals surface area contributed by atoms with Crippen LogP contribution in [-0.2, 0) is 0 Å². The Balaban J connectivity index is 1.18. The number of fused-ring (bicyclic) bond motifs is 8.